The third-order valence-corrected chi connectivity index (χ3v) is 3.39. The van der Waals surface area contributed by atoms with Gasteiger partial charge in [-0.3, -0.25) is 9.59 Å². The molecule has 0 aromatic carbocycles. The first kappa shape index (κ1) is 14.0. The van der Waals surface area contributed by atoms with Gasteiger partial charge in [-0.15, -0.1) is 0 Å². The molecule has 0 aromatic heterocycles. The summed E-state index contributed by atoms with van der Waals surface area (Å²) in [6, 6.07) is 0.259. The van der Waals surface area contributed by atoms with Crippen LogP contribution in [0.5, 0.6) is 0 Å². The maximum Gasteiger partial charge on any atom is 0.317 e. The number of likely N-dealkylation sites (N-methyl/N-ethyl adjacent to an activating group) is 1. The SMILES string of the molecule is CCN(C(C)=O)[C@H]1CCCC[C@H]1NCC(=O)O. The molecule has 2 atom stereocenters. The van der Waals surface area contributed by atoms with Crippen molar-refractivity contribution in [2.45, 2.75) is 51.6 Å². The van der Waals surface area contributed by atoms with Crippen molar-refractivity contribution >= 4 is 11.9 Å². The van der Waals surface area contributed by atoms with Crippen LogP contribution < -0.4 is 5.32 Å². The number of nitrogens with one attached hydrogen (secondary N) is 1. The summed E-state index contributed by atoms with van der Waals surface area (Å²) >= 11 is 0. The van der Waals surface area contributed by atoms with Crippen LogP contribution in [-0.2, 0) is 9.59 Å². The molecule has 5 nitrogen and oxygen atoms in total. The number of carboxylic acid groups (broad SMARTS) is 1. The van der Waals surface area contributed by atoms with E-state index in [4.69, 9.17) is 5.11 Å². The van der Waals surface area contributed by atoms with E-state index in [1.807, 2.05) is 11.8 Å². The van der Waals surface area contributed by atoms with Gasteiger partial charge in [0.1, 0.15) is 0 Å². The van der Waals surface area contributed by atoms with Crippen LogP contribution in [0.4, 0.5) is 0 Å². The molecule has 1 fully saturated rings. The van der Waals surface area contributed by atoms with Gasteiger partial charge in [-0.25, -0.2) is 0 Å². The number of hydrogen-bond donors (Lipinski definition) is 2. The highest BCUT2D eigenvalue weighted by Crippen LogP contribution is 2.23. The summed E-state index contributed by atoms with van der Waals surface area (Å²) in [6.45, 7) is 4.19. The van der Waals surface area contributed by atoms with Gasteiger partial charge in [-0.2, -0.15) is 0 Å². The number of hydrogen-bond acceptors (Lipinski definition) is 3. The van der Waals surface area contributed by atoms with Crippen molar-refractivity contribution in [2.24, 2.45) is 0 Å². The number of nitrogens with zero attached hydrogens (tertiary/aromatic N) is 1. The van der Waals surface area contributed by atoms with E-state index in [9.17, 15) is 9.59 Å². The van der Waals surface area contributed by atoms with Gasteiger partial charge in [0, 0.05) is 25.6 Å². The Morgan fingerprint density at radius 1 is 1.35 bits per heavy atom. The van der Waals surface area contributed by atoms with Gasteiger partial charge in [0.15, 0.2) is 0 Å². The molecule has 5 heteroatoms. The highest BCUT2D eigenvalue weighted by atomic mass is 16.4. The standard InChI is InChI=1S/C12H22N2O3/c1-3-14(9(2)15)11-7-5-4-6-10(11)13-8-12(16)17/h10-11,13H,3-8H2,1-2H3,(H,16,17)/t10-,11+/m1/s1. The van der Waals surface area contributed by atoms with Crippen LogP contribution in [0.15, 0.2) is 0 Å². The summed E-state index contributed by atoms with van der Waals surface area (Å²) in [6.07, 6.45) is 4.12. The lowest BCUT2D eigenvalue weighted by atomic mass is 9.89. The molecular weight excluding hydrogens is 220 g/mol. The average molecular weight is 242 g/mol. The summed E-state index contributed by atoms with van der Waals surface area (Å²) in [5, 5.41) is 11.7. The number of carbonyl (C=O) groups excluding carboxylic acids is 1. The van der Waals surface area contributed by atoms with E-state index in [2.05, 4.69) is 5.32 Å². The van der Waals surface area contributed by atoms with Crippen LogP contribution >= 0.6 is 0 Å². The third kappa shape index (κ3) is 4.00. The third-order valence-electron chi connectivity index (χ3n) is 3.39. The van der Waals surface area contributed by atoms with Crippen LogP contribution in [-0.4, -0.2) is 47.1 Å². The Labute approximate surface area is 102 Å². The summed E-state index contributed by atoms with van der Waals surface area (Å²) < 4.78 is 0. The van der Waals surface area contributed by atoms with E-state index in [-0.39, 0.29) is 24.5 Å². The molecule has 17 heavy (non-hydrogen) atoms. The van der Waals surface area contributed by atoms with Gasteiger partial charge in [0.25, 0.3) is 0 Å². The van der Waals surface area contributed by atoms with Gasteiger partial charge in [-0.05, 0) is 19.8 Å². The Bertz CT molecular complexity index is 281. The minimum absolute atomic E-state index is 0.0311. The van der Waals surface area contributed by atoms with Crippen molar-refractivity contribution in [1.82, 2.24) is 10.2 Å². The fourth-order valence-corrected chi connectivity index (χ4v) is 2.63. The molecular formula is C12H22N2O3. The summed E-state index contributed by atoms with van der Waals surface area (Å²) in [5.74, 6) is -0.776. The fourth-order valence-electron chi connectivity index (χ4n) is 2.63. The lowest BCUT2D eigenvalue weighted by molar-refractivity contribution is -0.136. The summed E-state index contributed by atoms with van der Waals surface area (Å²) in [7, 11) is 0. The van der Waals surface area contributed by atoms with E-state index in [1.165, 1.54) is 0 Å². The Hall–Kier alpha value is -1.10. The second kappa shape index (κ2) is 6.59. The Kier molecular flexibility index (Phi) is 5.41. The maximum atomic E-state index is 11.5. The van der Waals surface area contributed by atoms with E-state index >= 15 is 0 Å². The molecule has 0 aliphatic heterocycles. The van der Waals surface area contributed by atoms with Crippen molar-refractivity contribution in [3.63, 3.8) is 0 Å². The normalized spacial score (nSPS) is 24.4. The highest BCUT2D eigenvalue weighted by molar-refractivity contribution is 5.73. The monoisotopic (exact) mass is 242 g/mol. The number of carboxylic acids is 1. The lowest BCUT2D eigenvalue weighted by Crippen LogP contribution is -2.54. The topological polar surface area (TPSA) is 69.6 Å². The van der Waals surface area contributed by atoms with Gasteiger partial charge in [-0.1, -0.05) is 12.8 Å². The van der Waals surface area contributed by atoms with Gasteiger partial charge in [0.2, 0.25) is 5.91 Å². The largest absolute Gasteiger partial charge is 0.480 e. The van der Waals surface area contributed by atoms with Gasteiger partial charge >= 0.3 is 5.97 Å². The van der Waals surface area contributed by atoms with E-state index in [0.717, 1.165) is 25.7 Å². The van der Waals surface area contributed by atoms with Crippen LogP contribution in [0.25, 0.3) is 0 Å². The number of amides is 1. The smallest absolute Gasteiger partial charge is 0.317 e. The Balaban J connectivity index is 2.63. The summed E-state index contributed by atoms with van der Waals surface area (Å²) in [5.41, 5.74) is 0. The minimum atomic E-state index is -0.847. The zero-order valence-corrected chi connectivity index (χ0v) is 10.6. The van der Waals surface area contributed by atoms with E-state index in [1.54, 1.807) is 6.92 Å². The number of aliphatic carboxylic acids is 1. The van der Waals surface area contributed by atoms with Crippen molar-refractivity contribution in [1.29, 1.82) is 0 Å². The van der Waals surface area contributed by atoms with Crippen molar-refractivity contribution in [3.05, 3.63) is 0 Å². The quantitative estimate of drug-likeness (QED) is 0.749. The molecule has 0 heterocycles. The molecule has 0 radical (unpaired) electrons. The van der Waals surface area contributed by atoms with Crippen LogP contribution in [0, 0.1) is 0 Å². The van der Waals surface area contributed by atoms with Crippen LogP contribution in [0.3, 0.4) is 0 Å². The first-order valence-electron chi connectivity index (χ1n) is 6.28. The predicted octanol–water partition coefficient (Wildman–Crippen LogP) is 0.840. The highest BCUT2D eigenvalue weighted by Gasteiger charge is 2.30. The van der Waals surface area contributed by atoms with E-state index < -0.39 is 5.97 Å². The van der Waals surface area contributed by atoms with Crippen molar-refractivity contribution < 1.29 is 14.7 Å². The van der Waals surface area contributed by atoms with Gasteiger partial charge in [0.05, 0.1) is 6.54 Å². The summed E-state index contributed by atoms with van der Waals surface area (Å²) in [4.78, 5) is 24.0. The molecule has 0 unspecified atom stereocenters. The molecule has 1 amide bonds. The second-order valence-corrected chi connectivity index (χ2v) is 4.54. The number of rotatable bonds is 5. The lowest BCUT2D eigenvalue weighted by Gasteiger charge is -2.39. The molecule has 2 N–H and O–H groups in total. The molecule has 98 valence electrons. The Morgan fingerprint density at radius 2 is 2.00 bits per heavy atom. The number of carbonyl (C=O) groups is 2. The molecule has 0 spiro atoms. The van der Waals surface area contributed by atoms with Crippen LogP contribution in [0.1, 0.15) is 39.5 Å². The van der Waals surface area contributed by atoms with E-state index in [0.29, 0.717) is 6.54 Å². The first-order valence-corrected chi connectivity index (χ1v) is 6.28. The molecule has 0 aromatic rings. The molecule has 0 saturated heterocycles. The Morgan fingerprint density at radius 3 is 2.53 bits per heavy atom. The second-order valence-electron chi connectivity index (χ2n) is 4.54. The maximum absolute atomic E-state index is 11.5. The predicted molar refractivity (Wildman–Crippen MR) is 64.7 cm³/mol. The van der Waals surface area contributed by atoms with Crippen molar-refractivity contribution in [2.75, 3.05) is 13.1 Å². The van der Waals surface area contributed by atoms with Gasteiger partial charge < -0.3 is 15.3 Å². The molecule has 0 bridgehead atoms. The average Bonchev–Trinajstić information content (AvgIpc) is 2.28. The molecule has 1 rings (SSSR count). The molecule has 1 saturated carbocycles. The zero-order valence-electron chi connectivity index (χ0n) is 10.6. The molecule has 1 aliphatic carbocycles. The van der Waals surface area contributed by atoms with Crippen molar-refractivity contribution in [3.8, 4) is 0 Å². The van der Waals surface area contributed by atoms with Crippen LogP contribution in [0.2, 0.25) is 0 Å². The first-order chi connectivity index (χ1) is 8.06. The fraction of sp³-hybridized carbons (Fsp3) is 0.833. The molecule has 1 aliphatic rings. The minimum Gasteiger partial charge on any atom is -0.480 e. The zero-order chi connectivity index (χ0) is 12.8.